The van der Waals surface area contributed by atoms with Crippen LogP contribution in [0.15, 0.2) is 18.3 Å². The molecule has 2 rings (SSSR count). The van der Waals surface area contributed by atoms with Gasteiger partial charge in [-0.05, 0) is 19.1 Å². The topological polar surface area (TPSA) is 51.4 Å². The first kappa shape index (κ1) is 11.3. The average Bonchev–Trinajstić information content (AvgIpc) is 2.30. The van der Waals surface area contributed by atoms with Crippen LogP contribution in [-0.4, -0.2) is 35.8 Å². The summed E-state index contributed by atoms with van der Waals surface area (Å²) in [6.45, 7) is 4.56. The second-order valence-electron chi connectivity index (χ2n) is 3.88. The standard InChI is InChI=1S/C11H15N3OS/c1-8-7-15-5-4-14(8)9-2-3-10(11(12)16)13-6-9/h2-3,6,8H,4-5,7H2,1H3,(H2,12,16). The zero-order chi connectivity index (χ0) is 11.5. The second-order valence-corrected chi connectivity index (χ2v) is 4.32. The lowest BCUT2D eigenvalue weighted by atomic mass is 10.2. The Morgan fingerprint density at radius 3 is 3.00 bits per heavy atom. The summed E-state index contributed by atoms with van der Waals surface area (Å²) < 4.78 is 5.39. The van der Waals surface area contributed by atoms with Gasteiger partial charge < -0.3 is 15.4 Å². The molecular weight excluding hydrogens is 222 g/mol. The summed E-state index contributed by atoms with van der Waals surface area (Å²) in [6, 6.07) is 4.25. The fourth-order valence-electron chi connectivity index (χ4n) is 1.81. The summed E-state index contributed by atoms with van der Waals surface area (Å²) in [6.07, 6.45) is 1.82. The highest BCUT2D eigenvalue weighted by Crippen LogP contribution is 2.18. The molecule has 1 saturated heterocycles. The molecule has 1 aromatic rings. The Morgan fingerprint density at radius 2 is 2.44 bits per heavy atom. The normalized spacial score (nSPS) is 20.8. The van der Waals surface area contributed by atoms with E-state index in [1.165, 1.54) is 0 Å². The zero-order valence-corrected chi connectivity index (χ0v) is 10.0. The summed E-state index contributed by atoms with van der Waals surface area (Å²) in [7, 11) is 0. The Balaban J connectivity index is 2.17. The number of aromatic nitrogens is 1. The lowest BCUT2D eigenvalue weighted by molar-refractivity contribution is 0.0989. The van der Waals surface area contributed by atoms with Gasteiger partial charge in [0.25, 0.3) is 0 Å². The first-order chi connectivity index (χ1) is 7.68. The van der Waals surface area contributed by atoms with Crippen molar-refractivity contribution in [3.05, 3.63) is 24.0 Å². The molecule has 0 aromatic carbocycles. The number of pyridine rings is 1. The predicted octanol–water partition coefficient (Wildman–Crippen LogP) is 0.941. The molecule has 1 aliphatic rings. The van der Waals surface area contributed by atoms with Gasteiger partial charge in [-0.1, -0.05) is 12.2 Å². The van der Waals surface area contributed by atoms with E-state index in [4.69, 9.17) is 22.7 Å². The van der Waals surface area contributed by atoms with E-state index < -0.39 is 0 Å². The first-order valence-electron chi connectivity index (χ1n) is 5.28. The number of anilines is 1. The van der Waals surface area contributed by atoms with Crippen molar-refractivity contribution in [3.63, 3.8) is 0 Å². The Bertz CT molecular complexity index is 379. The van der Waals surface area contributed by atoms with Gasteiger partial charge in [0.1, 0.15) is 4.99 Å². The van der Waals surface area contributed by atoms with Crippen molar-refractivity contribution >= 4 is 22.9 Å². The Kier molecular flexibility index (Phi) is 3.36. The molecule has 0 bridgehead atoms. The third kappa shape index (κ3) is 2.31. The lowest BCUT2D eigenvalue weighted by Crippen LogP contribution is -2.43. The number of morpholine rings is 1. The third-order valence-electron chi connectivity index (χ3n) is 2.70. The number of hydrogen-bond donors (Lipinski definition) is 1. The molecule has 0 aliphatic carbocycles. The molecule has 1 unspecified atom stereocenters. The van der Waals surface area contributed by atoms with E-state index in [1.54, 1.807) is 0 Å². The van der Waals surface area contributed by atoms with Gasteiger partial charge in [-0.15, -0.1) is 0 Å². The molecule has 0 amide bonds. The predicted molar refractivity (Wildman–Crippen MR) is 67.8 cm³/mol. The minimum atomic E-state index is 0.335. The summed E-state index contributed by atoms with van der Waals surface area (Å²) in [5.41, 5.74) is 7.26. The highest BCUT2D eigenvalue weighted by atomic mass is 32.1. The third-order valence-corrected chi connectivity index (χ3v) is 2.91. The highest BCUT2D eigenvalue weighted by molar-refractivity contribution is 7.80. The first-order valence-corrected chi connectivity index (χ1v) is 5.69. The lowest BCUT2D eigenvalue weighted by Gasteiger charge is -2.34. The number of thiocarbonyl (C=S) groups is 1. The molecule has 1 aliphatic heterocycles. The van der Waals surface area contributed by atoms with Crippen LogP contribution < -0.4 is 10.6 Å². The molecule has 2 heterocycles. The molecule has 1 fully saturated rings. The van der Waals surface area contributed by atoms with Crippen LogP contribution in [-0.2, 0) is 4.74 Å². The van der Waals surface area contributed by atoms with Crippen LogP contribution in [0.3, 0.4) is 0 Å². The van der Waals surface area contributed by atoms with Gasteiger partial charge in [0.15, 0.2) is 0 Å². The van der Waals surface area contributed by atoms with Crippen molar-refractivity contribution in [2.75, 3.05) is 24.7 Å². The molecule has 2 N–H and O–H groups in total. The van der Waals surface area contributed by atoms with E-state index in [-0.39, 0.29) is 0 Å². The van der Waals surface area contributed by atoms with Crippen molar-refractivity contribution in [1.82, 2.24) is 4.98 Å². The van der Waals surface area contributed by atoms with Gasteiger partial charge in [-0.25, -0.2) is 0 Å². The maximum Gasteiger partial charge on any atom is 0.122 e. The highest BCUT2D eigenvalue weighted by Gasteiger charge is 2.19. The maximum absolute atomic E-state index is 5.50. The van der Waals surface area contributed by atoms with E-state index in [0.717, 1.165) is 25.4 Å². The molecule has 0 saturated carbocycles. The fraction of sp³-hybridized carbons (Fsp3) is 0.455. The van der Waals surface area contributed by atoms with E-state index in [1.807, 2.05) is 18.3 Å². The van der Waals surface area contributed by atoms with Crippen LogP contribution in [0, 0.1) is 0 Å². The minimum absolute atomic E-state index is 0.335. The summed E-state index contributed by atoms with van der Waals surface area (Å²) in [5.74, 6) is 0. The maximum atomic E-state index is 5.50. The van der Waals surface area contributed by atoms with Crippen LogP contribution >= 0.6 is 12.2 Å². The van der Waals surface area contributed by atoms with E-state index in [0.29, 0.717) is 16.7 Å². The monoisotopic (exact) mass is 237 g/mol. The number of nitrogens with two attached hydrogens (primary N) is 1. The van der Waals surface area contributed by atoms with Crippen molar-refractivity contribution in [2.45, 2.75) is 13.0 Å². The Hall–Kier alpha value is -1.20. The van der Waals surface area contributed by atoms with E-state index >= 15 is 0 Å². The van der Waals surface area contributed by atoms with Crippen LogP contribution in [0.4, 0.5) is 5.69 Å². The average molecular weight is 237 g/mol. The van der Waals surface area contributed by atoms with Crippen molar-refractivity contribution in [1.29, 1.82) is 0 Å². The van der Waals surface area contributed by atoms with Gasteiger partial charge in [-0.2, -0.15) is 0 Å². The molecule has 86 valence electrons. The van der Waals surface area contributed by atoms with Crippen LogP contribution in [0.25, 0.3) is 0 Å². The van der Waals surface area contributed by atoms with Crippen LogP contribution in [0.5, 0.6) is 0 Å². The quantitative estimate of drug-likeness (QED) is 0.776. The van der Waals surface area contributed by atoms with Gasteiger partial charge in [0.05, 0.1) is 30.8 Å². The molecule has 16 heavy (non-hydrogen) atoms. The van der Waals surface area contributed by atoms with Gasteiger partial charge >= 0.3 is 0 Å². The summed E-state index contributed by atoms with van der Waals surface area (Å²) in [5, 5.41) is 0. The SMILES string of the molecule is CC1COCCN1c1ccc(C(N)=S)nc1. The minimum Gasteiger partial charge on any atom is -0.388 e. The summed E-state index contributed by atoms with van der Waals surface area (Å²) in [4.78, 5) is 6.85. The molecule has 1 atom stereocenters. The van der Waals surface area contributed by atoms with E-state index in [2.05, 4.69) is 16.8 Å². The molecular formula is C11H15N3OS. The number of ether oxygens (including phenoxy) is 1. The molecule has 0 radical (unpaired) electrons. The Labute approximate surface area is 100 Å². The van der Waals surface area contributed by atoms with Gasteiger partial charge in [0.2, 0.25) is 0 Å². The van der Waals surface area contributed by atoms with E-state index in [9.17, 15) is 0 Å². The molecule has 4 nitrogen and oxygen atoms in total. The van der Waals surface area contributed by atoms with Crippen molar-refractivity contribution in [3.8, 4) is 0 Å². The molecule has 0 spiro atoms. The van der Waals surface area contributed by atoms with Crippen molar-refractivity contribution < 1.29 is 4.74 Å². The number of rotatable bonds is 2. The van der Waals surface area contributed by atoms with Crippen molar-refractivity contribution in [2.24, 2.45) is 5.73 Å². The number of nitrogens with zero attached hydrogens (tertiary/aromatic N) is 2. The molecule has 5 heteroatoms. The smallest absolute Gasteiger partial charge is 0.122 e. The van der Waals surface area contributed by atoms with Crippen LogP contribution in [0.1, 0.15) is 12.6 Å². The Morgan fingerprint density at radius 1 is 1.62 bits per heavy atom. The van der Waals surface area contributed by atoms with Gasteiger partial charge in [-0.3, -0.25) is 4.98 Å². The largest absolute Gasteiger partial charge is 0.388 e. The molecule has 1 aromatic heterocycles. The second kappa shape index (κ2) is 4.76. The fourth-order valence-corrected chi connectivity index (χ4v) is 1.93. The van der Waals surface area contributed by atoms with Gasteiger partial charge in [0, 0.05) is 12.6 Å². The number of hydrogen-bond acceptors (Lipinski definition) is 4. The summed E-state index contributed by atoms with van der Waals surface area (Å²) >= 11 is 4.87. The zero-order valence-electron chi connectivity index (χ0n) is 9.22. The van der Waals surface area contributed by atoms with Crippen LogP contribution in [0.2, 0.25) is 0 Å².